The summed E-state index contributed by atoms with van der Waals surface area (Å²) in [7, 11) is 0. The van der Waals surface area contributed by atoms with E-state index in [0.29, 0.717) is 21.4 Å². The number of benzene rings is 2. The number of halogens is 3. The minimum atomic E-state index is -1.26. The zero-order valence-corrected chi connectivity index (χ0v) is 24.8. The largest absolute Gasteiger partial charge is 1.00 e. The van der Waals surface area contributed by atoms with E-state index in [1.54, 1.807) is 30.3 Å². The van der Waals surface area contributed by atoms with Gasteiger partial charge in [-0.1, -0.05) is 54.4 Å². The Morgan fingerprint density at radius 2 is 1.75 bits per heavy atom. The van der Waals surface area contributed by atoms with Crippen LogP contribution in [0.1, 0.15) is 48.5 Å². The van der Waals surface area contributed by atoms with E-state index in [9.17, 15) is 19.6 Å². The summed E-state index contributed by atoms with van der Waals surface area (Å²) in [6.07, 6.45) is 4.19. The molecule has 36 heavy (non-hydrogen) atoms. The normalized spacial score (nSPS) is 16.5. The number of alkyl halides is 1. The maximum atomic E-state index is 11.6. The maximum absolute atomic E-state index is 11.6. The first-order valence-corrected chi connectivity index (χ1v) is 12.5. The summed E-state index contributed by atoms with van der Waals surface area (Å²) in [6.45, 7) is 4.21. The number of rotatable bonds is 7. The number of nitrogens with zero attached hydrogens (tertiary/aromatic N) is 2. The molecule has 1 saturated carbocycles. The van der Waals surface area contributed by atoms with Crippen molar-refractivity contribution in [2.45, 2.75) is 45.6 Å². The molecule has 0 aliphatic heterocycles. The molecule has 0 radical (unpaired) electrons. The average molecular weight is 566 g/mol. The predicted molar refractivity (Wildman–Crippen MR) is 138 cm³/mol. The van der Waals surface area contributed by atoms with E-state index in [4.69, 9.17) is 34.8 Å². The van der Waals surface area contributed by atoms with Crippen molar-refractivity contribution in [3.8, 4) is 0 Å². The first kappa shape index (κ1) is 32.5. The van der Waals surface area contributed by atoms with Crippen LogP contribution in [0.3, 0.4) is 0 Å². The summed E-state index contributed by atoms with van der Waals surface area (Å²) < 4.78 is 0. The van der Waals surface area contributed by atoms with Gasteiger partial charge >= 0.3 is 35.6 Å². The number of anilines is 2. The second-order valence-corrected chi connectivity index (χ2v) is 9.47. The van der Waals surface area contributed by atoms with Gasteiger partial charge < -0.3 is 20.5 Å². The molecule has 190 valence electrons. The van der Waals surface area contributed by atoms with Crippen LogP contribution in [0.25, 0.3) is 0 Å². The Morgan fingerprint density at radius 1 is 1.11 bits per heavy atom. The van der Waals surface area contributed by atoms with Gasteiger partial charge in [0.05, 0.1) is 33.5 Å². The van der Waals surface area contributed by atoms with Gasteiger partial charge in [0.15, 0.2) is 0 Å². The Hall–Kier alpha value is -1.55. The molecule has 0 aromatic heterocycles. The van der Waals surface area contributed by atoms with Crippen molar-refractivity contribution in [1.29, 1.82) is 0 Å². The van der Waals surface area contributed by atoms with Crippen LogP contribution >= 0.6 is 34.8 Å². The zero-order valence-electron chi connectivity index (χ0n) is 20.5. The van der Waals surface area contributed by atoms with Crippen LogP contribution in [-0.4, -0.2) is 35.5 Å². The maximum Gasteiger partial charge on any atom is 1.00 e. The SMILES string of the molecule is CC1CCC(NC(=O)N(CCCl)N=O)CC1.Cc1ccc(Cl)c(Nc2ccccc2C(=O)[O-])c1Cl.[Na+]. The Labute approximate surface area is 248 Å². The van der Waals surface area contributed by atoms with Crippen molar-refractivity contribution < 1.29 is 44.3 Å². The van der Waals surface area contributed by atoms with Crippen LogP contribution in [-0.2, 0) is 0 Å². The van der Waals surface area contributed by atoms with Crippen molar-refractivity contribution >= 4 is 58.2 Å². The molecule has 0 spiro atoms. The number of carboxylic acids is 1. The molecule has 1 aliphatic carbocycles. The van der Waals surface area contributed by atoms with Gasteiger partial charge in [-0.3, -0.25) is 0 Å². The van der Waals surface area contributed by atoms with Crippen molar-refractivity contribution in [2.75, 3.05) is 17.7 Å². The van der Waals surface area contributed by atoms with Crippen molar-refractivity contribution in [2.24, 2.45) is 11.2 Å². The minimum absolute atomic E-state index is 0. The van der Waals surface area contributed by atoms with Gasteiger partial charge in [-0.25, -0.2) is 4.79 Å². The van der Waals surface area contributed by atoms with Crippen molar-refractivity contribution in [1.82, 2.24) is 10.3 Å². The Bertz CT molecular complexity index is 1040. The molecule has 8 nitrogen and oxygen atoms in total. The molecule has 2 amide bonds. The number of aromatic carboxylic acids is 1. The average Bonchev–Trinajstić information content (AvgIpc) is 2.84. The standard InChI is InChI=1S/C14H11Cl2NO2.C10H18ClN3O2.Na/c1-8-6-7-10(15)13(12(8)16)17-11-5-3-2-4-9(11)14(18)19;1-8-2-4-9(5-3-8)12-10(15)14(13-16)7-6-11;/h2-7,17H,1H3,(H,18,19);8-9H,2-7H2,1H3,(H,12,15);/q;;+1/p-1. The molecular weight excluding hydrogens is 538 g/mol. The number of nitroso groups, excluding NO2 is 1. The number of carboxylic acid groups (broad SMARTS) is 1. The van der Waals surface area contributed by atoms with E-state index >= 15 is 0 Å². The fourth-order valence-corrected chi connectivity index (χ4v) is 4.21. The minimum Gasteiger partial charge on any atom is -0.545 e. The molecule has 1 aliphatic rings. The molecule has 0 heterocycles. The van der Waals surface area contributed by atoms with Crippen LogP contribution in [0.4, 0.5) is 16.2 Å². The third-order valence-electron chi connectivity index (χ3n) is 5.66. The molecule has 2 aromatic carbocycles. The van der Waals surface area contributed by atoms with Gasteiger partial charge in [0.25, 0.3) is 0 Å². The number of amides is 2. The summed E-state index contributed by atoms with van der Waals surface area (Å²) in [4.78, 5) is 33.0. The van der Waals surface area contributed by atoms with Gasteiger partial charge in [0.1, 0.15) is 0 Å². The quantitative estimate of drug-likeness (QED) is 0.232. The fourth-order valence-electron chi connectivity index (χ4n) is 3.59. The molecule has 0 bridgehead atoms. The number of aryl methyl sites for hydroxylation is 1. The fraction of sp³-hybridized carbons (Fsp3) is 0.417. The molecule has 2 N–H and O–H groups in total. The second kappa shape index (κ2) is 16.3. The number of hydrogen-bond acceptors (Lipinski definition) is 6. The van der Waals surface area contributed by atoms with Gasteiger partial charge in [-0.2, -0.15) is 5.01 Å². The third-order valence-corrected chi connectivity index (χ3v) is 6.63. The second-order valence-electron chi connectivity index (χ2n) is 8.31. The van der Waals surface area contributed by atoms with Gasteiger partial charge in [0.2, 0.25) is 0 Å². The zero-order chi connectivity index (χ0) is 26.0. The summed E-state index contributed by atoms with van der Waals surface area (Å²) in [6, 6.07) is 9.64. The number of hydrogen-bond donors (Lipinski definition) is 2. The smallest absolute Gasteiger partial charge is 0.545 e. The summed E-state index contributed by atoms with van der Waals surface area (Å²) in [5.41, 5.74) is 1.77. The van der Waals surface area contributed by atoms with Crippen LogP contribution in [0.5, 0.6) is 0 Å². The topological polar surface area (TPSA) is 114 Å². The van der Waals surface area contributed by atoms with E-state index in [-0.39, 0.29) is 53.6 Å². The van der Waals surface area contributed by atoms with Crippen LogP contribution in [0.15, 0.2) is 41.7 Å². The Kier molecular flexibility index (Phi) is 14.7. The van der Waals surface area contributed by atoms with Gasteiger partial charge in [-0.15, -0.1) is 16.5 Å². The van der Waals surface area contributed by atoms with Gasteiger partial charge in [0, 0.05) is 23.2 Å². The molecule has 12 heteroatoms. The molecule has 3 rings (SSSR count). The van der Waals surface area contributed by atoms with Crippen LogP contribution < -0.4 is 45.3 Å². The molecule has 0 saturated heterocycles. The van der Waals surface area contributed by atoms with E-state index in [1.165, 1.54) is 6.07 Å². The number of carbonyl (C=O) groups excluding carboxylic acids is 2. The summed E-state index contributed by atoms with van der Waals surface area (Å²) >= 11 is 17.7. The first-order valence-electron chi connectivity index (χ1n) is 11.2. The van der Waals surface area contributed by atoms with E-state index < -0.39 is 12.0 Å². The summed E-state index contributed by atoms with van der Waals surface area (Å²) in [5.74, 6) is -0.319. The molecule has 0 unspecified atom stereocenters. The molecule has 1 fully saturated rings. The Morgan fingerprint density at radius 3 is 2.33 bits per heavy atom. The van der Waals surface area contributed by atoms with Crippen LogP contribution in [0, 0.1) is 17.7 Å². The van der Waals surface area contributed by atoms with E-state index in [2.05, 4.69) is 22.8 Å². The monoisotopic (exact) mass is 564 g/mol. The Balaban J connectivity index is 0.000000356. The number of nitrogens with one attached hydrogen (secondary N) is 2. The predicted octanol–water partition coefficient (Wildman–Crippen LogP) is 2.91. The molecular formula is C24H28Cl3N4NaO4. The van der Waals surface area contributed by atoms with Gasteiger partial charge in [-0.05, 0) is 56.2 Å². The number of carbonyl (C=O) groups is 2. The van der Waals surface area contributed by atoms with E-state index in [1.807, 2.05) is 6.92 Å². The van der Waals surface area contributed by atoms with Crippen molar-refractivity contribution in [3.05, 3.63) is 62.5 Å². The number of para-hydroxylation sites is 1. The third kappa shape index (κ3) is 9.72. The summed E-state index contributed by atoms with van der Waals surface area (Å²) in [5, 5.41) is 21.2. The van der Waals surface area contributed by atoms with E-state index in [0.717, 1.165) is 42.2 Å². The number of urea groups is 1. The molecule has 2 aromatic rings. The van der Waals surface area contributed by atoms with Crippen LogP contribution in [0.2, 0.25) is 10.0 Å². The molecule has 0 atom stereocenters. The first-order chi connectivity index (χ1) is 16.7. The van der Waals surface area contributed by atoms with Crippen molar-refractivity contribution in [3.63, 3.8) is 0 Å².